The van der Waals surface area contributed by atoms with Crippen molar-refractivity contribution in [3.8, 4) is 5.75 Å². The molecule has 1 unspecified atom stereocenters. The number of benzene rings is 1. The Labute approximate surface area is 117 Å². The number of ether oxygens (including phenoxy) is 1. The van der Waals surface area contributed by atoms with Gasteiger partial charge in [-0.05, 0) is 30.9 Å². The molecule has 1 aliphatic carbocycles. The lowest BCUT2D eigenvalue weighted by Crippen LogP contribution is -2.38. The standard InChI is InChI=1S/C14H19N3O3/c15-11(9-5-6-9)7-17-14(19)10-3-1-2-4-12(10)20-8-13(16)18/h1-4,9,11H,5-8,15H2,(H2,16,18)(H,17,19). The van der Waals surface area contributed by atoms with E-state index in [4.69, 9.17) is 16.2 Å². The van der Waals surface area contributed by atoms with Crippen molar-refractivity contribution in [2.24, 2.45) is 17.4 Å². The Balaban J connectivity index is 1.95. The van der Waals surface area contributed by atoms with E-state index in [9.17, 15) is 9.59 Å². The van der Waals surface area contributed by atoms with Crippen LogP contribution in [-0.2, 0) is 4.79 Å². The van der Waals surface area contributed by atoms with Crippen LogP contribution >= 0.6 is 0 Å². The molecule has 1 aromatic carbocycles. The number of hydrogen-bond acceptors (Lipinski definition) is 4. The Morgan fingerprint density at radius 3 is 2.70 bits per heavy atom. The van der Waals surface area contributed by atoms with Crippen molar-refractivity contribution in [3.63, 3.8) is 0 Å². The molecule has 6 nitrogen and oxygen atoms in total. The summed E-state index contributed by atoms with van der Waals surface area (Å²) in [5.74, 6) is 0.0117. The maximum atomic E-state index is 12.1. The van der Waals surface area contributed by atoms with Crippen molar-refractivity contribution in [3.05, 3.63) is 29.8 Å². The van der Waals surface area contributed by atoms with E-state index in [0.29, 0.717) is 23.8 Å². The van der Waals surface area contributed by atoms with Crippen LogP contribution in [0.5, 0.6) is 5.75 Å². The number of primary amides is 1. The fourth-order valence-corrected chi connectivity index (χ4v) is 1.93. The highest BCUT2D eigenvalue weighted by atomic mass is 16.5. The second-order valence-corrected chi connectivity index (χ2v) is 4.96. The second kappa shape index (κ2) is 6.38. The number of nitrogens with two attached hydrogens (primary N) is 2. The molecule has 6 heteroatoms. The van der Waals surface area contributed by atoms with Gasteiger partial charge in [0.2, 0.25) is 0 Å². The van der Waals surface area contributed by atoms with Crippen molar-refractivity contribution in [1.29, 1.82) is 0 Å². The Hall–Kier alpha value is -2.08. The molecular weight excluding hydrogens is 258 g/mol. The summed E-state index contributed by atoms with van der Waals surface area (Å²) in [6.45, 7) is 0.180. The van der Waals surface area contributed by atoms with E-state index >= 15 is 0 Å². The second-order valence-electron chi connectivity index (χ2n) is 4.96. The monoisotopic (exact) mass is 277 g/mol. The normalized spacial score (nSPS) is 15.4. The molecule has 5 N–H and O–H groups in total. The maximum absolute atomic E-state index is 12.1. The first kappa shape index (κ1) is 14.3. The third-order valence-corrected chi connectivity index (χ3v) is 3.23. The molecule has 0 saturated heterocycles. The number of para-hydroxylation sites is 1. The van der Waals surface area contributed by atoms with Crippen molar-refractivity contribution >= 4 is 11.8 Å². The first-order chi connectivity index (χ1) is 9.58. The quantitative estimate of drug-likeness (QED) is 0.653. The van der Waals surface area contributed by atoms with E-state index in [1.54, 1.807) is 24.3 Å². The first-order valence-corrected chi connectivity index (χ1v) is 6.62. The molecule has 0 radical (unpaired) electrons. The molecule has 1 aromatic rings. The van der Waals surface area contributed by atoms with Gasteiger partial charge in [0.1, 0.15) is 5.75 Å². The van der Waals surface area contributed by atoms with Gasteiger partial charge in [-0.25, -0.2) is 0 Å². The molecule has 0 heterocycles. The average molecular weight is 277 g/mol. The van der Waals surface area contributed by atoms with Gasteiger partial charge < -0.3 is 21.5 Å². The zero-order valence-electron chi connectivity index (χ0n) is 11.2. The molecule has 108 valence electrons. The predicted molar refractivity (Wildman–Crippen MR) is 74.2 cm³/mol. The molecule has 0 spiro atoms. The fourth-order valence-electron chi connectivity index (χ4n) is 1.93. The number of nitrogens with one attached hydrogen (secondary N) is 1. The summed E-state index contributed by atoms with van der Waals surface area (Å²) in [5, 5.41) is 2.79. The Bertz CT molecular complexity index is 500. The van der Waals surface area contributed by atoms with Crippen LogP contribution < -0.4 is 21.5 Å². The molecule has 0 aromatic heterocycles. The van der Waals surface area contributed by atoms with Crippen molar-refractivity contribution in [1.82, 2.24) is 5.32 Å². The SMILES string of the molecule is NC(=O)COc1ccccc1C(=O)NCC(N)C1CC1. The summed E-state index contributed by atoms with van der Waals surface area (Å²) < 4.78 is 5.22. The van der Waals surface area contributed by atoms with Gasteiger partial charge in [-0.15, -0.1) is 0 Å². The largest absolute Gasteiger partial charge is 0.483 e. The molecule has 1 fully saturated rings. The molecule has 20 heavy (non-hydrogen) atoms. The minimum Gasteiger partial charge on any atom is -0.483 e. The van der Waals surface area contributed by atoms with E-state index in [1.807, 2.05) is 0 Å². The number of carbonyl (C=O) groups is 2. The van der Waals surface area contributed by atoms with Gasteiger partial charge in [0, 0.05) is 12.6 Å². The number of carbonyl (C=O) groups excluding carboxylic acids is 2. The summed E-state index contributed by atoms with van der Waals surface area (Å²) in [4.78, 5) is 22.8. The van der Waals surface area contributed by atoms with E-state index in [2.05, 4.69) is 5.32 Å². The topological polar surface area (TPSA) is 107 Å². The lowest BCUT2D eigenvalue weighted by molar-refractivity contribution is -0.119. The smallest absolute Gasteiger partial charge is 0.255 e. The molecule has 0 bridgehead atoms. The summed E-state index contributed by atoms with van der Waals surface area (Å²) in [6.07, 6.45) is 2.27. The minimum absolute atomic E-state index is 0.00218. The lowest BCUT2D eigenvalue weighted by atomic mass is 10.1. The van der Waals surface area contributed by atoms with Crippen LogP contribution in [0.1, 0.15) is 23.2 Å². The average Bonchev–Trinajstić information content (AvgIpc) is 3.27. The summed E-state index contributed by atoms with van der Waals surface area (Å²) >= 11 is 0. The van der Waals surface area contributed by atoms with Crippen molar-refractivity contribution in [2.45, 2.75) is 18.9 Å². The highest BCUT2D eigenvalue weighted by Crippen LogP contribution is 2.31. The molecule has 2 amide bonds. The molecular formula is C14H19N3O3. The maximum Gasteiger partial charge on any atom is 0.255 e. The van der Waals surface area contributed by atoms with Crippen molar-refractivity contribution in [2.75, 3.05) is 13.2 Å². The van der Waals surface area contributed by atoms with Crippen LogP contribution in [0, 0.1) is 5.92 Å². The van der Waals surface area contributed by atoms with Gasteiger partial charge in [-0.1, -0.05) is 12.1 Å². The van der Waals surface area contributed by atoms with Gasteiger partial charge in [0.25, 0.3) is 11.8 Å². The summed E-state index contributed by atoms with van der Waals surface area (Å²) in [6, 6.07) is 6.71. The summed E-state index contributed by atoms with van der Waals surface area (Å²) in [5.41, 5.74) is 11.3. The van der Waals surface area contributed by atoms with Crippen molar-refractivity contribution < 1.29 is 14.3 Å². The molecule has 1 atom stereocenters. The molecule has 1 saturated carbocycles. The lowest BCUT2D eigenvalue weighted by Gasteiger charge is -2.13. The van der Waals surface area contributed by atoms with Gasteiger partial charge >= 0.3 is 0 Å². The highest BCUT2D eigenvalue weighted by Gasteiger charge is 2.28. The first-order valence-electron chi connectivity index (χ1n) is 6.62. The zero-order valence-corrected chi connectivity index (χ0v) is 11.2. The van der Waals surface area contributed by atoms with Gasteiger partial charge in [0.15, 0.2) is 6.61 Å². The van der Waals surface area contributed by atoms with Gasteiger partial charge in [0.05, 0.1) is 5.56 Å². The number of hydrogen-bond donors (Lipinski definition) is 3. The van der Waals surface area contributed by atoms with E-state index in [-0.39, 0.29) is 18.6 Å². The number of amides is 2. The Kier molecular flexibility index (Phi) is 4.57. The van der Waals surface area contributed by atoms with E-state index in [0.717, 1.165) is 12.8 Å². The molecule has 1 aliphatic rings. The summed E-state index contributed by atoms with van der Waals surface area (Å²) in [7, 11) is 0. The van der Waals surface area contributed by atoms with Crippen LogP contribution in [0.3, 0.4) is 0 Å². The van der Waals surface area contributed by atoms with Gasteiger partial charge in [-0.2, -0.15) is 0 Å². The third-order valence-electron chi connectivity index (χ3n) is 3.23. The highest BCUT2D eigenvalue weighted by molar-refractivity contribution is 5.97. The van der Waals surface area contributed by atoms with Gasteiger partial charge in [-0.3, -0.25) is 9.59 Å². The third kappa shape index (κ3) is 3.96. The zero-order chi connectivity index (χ0) is 14.5. The number of rotatable bonds is 7. The van der Waals surface area contributed by atoms with Crippen LogP contribution in [0.4, 0.5) is 0 Å². The van der Waals surface area contributed by atoms with Crippen LogP contribution in [0.2, 0.25) is 0 Å². The Morgan fingerprint density at radius 2 is 2.05 bits per heavy atom. The van der Waals surface area contributed by atoms with E-state index in [1.165, 1.54) is 0 Å². The fraction of sp³-hybridized carbons (Fsp3) is 0.429. The molecule has 0 aliphatic heterocycles. The predicted octanol–water partition coefficient (Wildman–Crippen LogP) is 0.0178. The van der Waals surface area contributed by atoms with Crippen LogP contribution in [0.25, 0.3) is 0 Å². The van der Waals surface area contributed by atoms with Crippen LogP contribution in [0.15, 0.2) is 24.3 Å². The molecule has 2 rings (SSSR count). The Morgan fingerprint density at radius 1 is 1.35 bits per heavy atom. The minimum atomic E-state index is -0.587. The van der Waals surface area contributed by atoms with Crippen LogP contribution in [-0.4, -0.2) is 31.0 Å². The van der Waals surface area contributed by atoms with E-state index < -0.39 is 5.91 Å².